The highest BCUT2D eigenvalue weighted by Crippen LogP contribution is 2.08. The van der Waals surface area contributed by atoms with E-state index in [0.29, 0.717) is 5.69 Å². The Kier molecular flexibility index (Phi) is 3.26. The van der Waals surface area contributed by atoms with E-state index in [0.717, 1.165) is 0 Å². The van der Waals surface area contributed by atoms with Gasteiger partial charge < -0.3 is 10.3 Å². The fraction of sp³-hybridized carbons (Fsp3) is 0.333. The average Bonchev–Trinajstić information content (AvgIpc) is 2.51. The van der Waals surface area contributed by atoms with E-state index in [1.54, 1.807) is 13.0 Å². The topological polar surface area (TPSA) is 81.2 Å². The van der Waals surface area contributed by atoms with Gasteiger partial charge in [-0.3, -0.25) is 10.1 Å². The molecule has 0 fully saturated rings. The van der Waals surface area contributed by atoms with E-state index in [4.69, 9.17) is 16.7 Å². The van der Waals surface area contributed by atoms with Crippen LogP contribution in [0.1, 0.15) is 12.1 Å². The Balaban J connectivity index is 2.53. The number of anilines is 1. The zero-order chi connectivity index (χ0) is 10.6. The van der Waals surface area contributed by atoms with Gasteiger partial charge in [0.2, 0.25) is 11.8 Å². The number of aromatic nitrogens is 1. The van der Waals surface area contributed by atoms with Gasteiger partial charge in [0.15, 0.2) is 0 Å². The van der Waals surface area contributed by atoms with Crippen molar-refractivity contribution in [2.75, 3.05) is 5.32 Å². The lowest BCUT2D eigenvalue weighted by molar-refractivity contribution is -0.117. The number of amides is 1. The zero-order valence-corrected chi connectivity index (χ0v) is 7.78. The largest absolute Gasteiger partial charge is 0.338 e. The Morgan fingerprint density at radius 3 is 3.14 bits per heavy atom. The number of nitrogens with one attached hydrogen (secondary N) is 1. The molecule has 5 heteroatoms. The third-order valence-electron chi connectivity index (χ3n) is 1.55. The maximum absolute atomic E-state index is 11.3. The van der Waals surface area contributed by atoms with Crippen LogP contribution in [0.15, 0.2) is 10.6 Å². The third-order valence-corrected chi connectivity index (χ3v) is 1.55. The zero-order valence-electron chi connectivity index (χ0n) is 7.78. The molecule has 1 aromatic heterocycles. The van der Waals surface area contributed by atoms with E-state index in [1.807, 2.05) is 0 Å². The summed E-state index contributed by atoms with van der Waals surface area (Å²) in [7, 11) is 0. The number of carbonyl (C=O) groups is 1. The van der Waals surface area contributed by atoms with Gasteiger partial charge in [-0.2, -0.15) is 0 Å². The number of hydrogen-bond acceptors (Lipinski definition) is 4. The number of terminal acetylenes is 1. The molecule has 1 rings (SSSR count). The first-order chi connectivity index (χ1) is 6.63. The van der Waals surface area contributed by atoms with Gasteiger partial charge in [0.05, 0.1) is 11.7 Å². The summed E-state index contributed by atoms with van der Waals surface area (Å²) in [6, 6.07) is 0.880. The second kappa shape index (κ2) is 4.44. The minimum absolute atomic E-state index is 0.193. The third kappa shape index (κ3) is 2.61. The summed E-state index contributed by atoms with van der Waals surface area (Å²) in [5, 5.41) is 6.06. The van der Waals surface area contributed by atoms with Crippen molar-refractivity contribution in [2.24, 2.45) is 5.73 Å². The molecule has 0 radical (unpaired) electrons. The standard InChI is InChI=1S/C9H11N3O2/c1-3-4-7(10)9(13)11-8-5-6(2)12-14-8/h1,5,7H,4,10H2,2H3,(H,11,13). The van der Waals surface area contributed by atoms with Gasteiger partial charge in [0, 0.05) is 12.5 Å². The number of carbonyl (C=O) groups excluding carboxylic acids is 1. The SMILES string of the molecule is C#CCC(N)C(=O)Nc1cc(C)no1. The van der Waals surface area contributed by atoms with Crippen molar-refractivity contribution >= 4 is 11.8 Å². The van der Waals surface area contributed by atoms with Gasteiger partial charge in [-0.1, -0.05) is 5.16 Å². The minimum Gasteiger partial charge on any atom is -0.338 e. The molecular formula is C9H11N3O2. The molecule has 0 spiro atoms. The molecule has 1 unspecified atom stereocenters. The lowest BCUT2D eigenvalue weighted by Gasteiger charge is -2.05. The number of nitrogens with two attached hydrogens (primary N) is 1. The van der Waals surface area contributed by atoms with Crippen LogP contribution in [0.25, 0.3) is 0 Å². The van der Waals surface area contributed by atoms with Gasteiger partial charge in [0.25, 0.3) is 0 Å². The summed E-state index contributed by atoms with van der Waals surface area (Å²) >= 11 is 0. The smallest absolute Gasteiger partial charge is 0.244 e. The van der Waals surface area contributed by atoms with Crippen molar-refractivity contribution in [3.63, 3.8) is 0 Å². The van der Waals surface area contributed by atoms with Crippen LogP contribution in [0.2, 0.25) is 0 Å². The summed E-state index contributed by atoms with van der Waals surface area (Å²) in [4.78, 5) is 11.3. The van der Waals surface area contributed by atoms with Crippen LogP contribution < -0.4 is 11.1 Å². The van der Waals surface area contributed by atoms with Crippen LogP contribution in [0.3, 0.4) is 0 Å². The lowest BCUT2D eigenvalue weighted by atomic mass is 10.2. The van der Waals surface area contributed by atoms with Crippen molar-refractivity contribution in [2.45, 2.75) is 19.4 Å². The van der Waals surface area contributed by atoms with Crippen molar-refractivity contribution in [1.29, 1.82) is 0 Å². The van der Waals surface area contributed by atoms with Crippen molar-refractivity contribution in [1.82, 2.24) is 5.16 Å². The Labute approximate surface area is 81.6 Å². The number of hydrogen-bond donors (Lipinski definition) is 2. The van der Waals surface area contributed by atoms with E-state index in [1.165, 1.54) is 0 Å². The Morgan fingerprint density at radius 2 is 2.64 bits per heavy atom. The number of rotatable bonds is 3. The highest BCUT2D eigenvalue weighted by molar-refractivity contribution is 5.93. The molecule has 0 aliphatic carbocycles. The molecule has 0 saturated heterocycles. The van der Waals surface area contributed by atoms with Crippen LogP contribution in [-0.2, 0) is 4.79 Å². The minimum atomic E-state index is -0.717. The molecule has 0 bridgehead atoms. The van der Waals surface area contributed by atoms with E-state index in [9.17, 15) is 4.79 Å². The molecule has 1 amide bonds. The van der Waals surface area contributed by atoms with E-state index in [2.05, 4.69) is 16.4 Å². The van der Waals surface area contributed by atoms with Crippen molar-refractivity contribution in [3.05, 3.63) is 11.8 Å². The molecule has 0 aliphatic rings. The van der Waals surface area contributed by atoms with Crippen LogP contribution in [0.5, 0.6) is 0 Å². The van der Waals surface area contributed by atoms with Crippen molar-refractivity contribution in [3.8, 4) is 12.3 Å². The molecular weight excluding hydrogens is 182 g/mol. The molecule has 1 aromatic rings. The van der Waals surface area contributed by atoms with Crippen LogP contribution >= 0.6 is 0 Å². The summed E-state index contributed by atoms with van der Waals surface area (Å²) in [6.07, 6.45) is 5.21. The molecule has 0 aromatic carbocycles. The summed E-state index contributed by atoms with van der Waals surface area (Å²) in [5.74, 6) is 2.21. The maximum Gasteiger partial charge on any atom is 0.244 e. The molecule has 74 valence electrons. The number of nitrogens with zero attached hydrogens (tertiary/aromatic N) is 1. The monoisotopic (exact) mass is 193 g/mol. The molecule has 5 nitrogen and oxygen atoms in total. The average molecular weight is 193 g/mol. The lowest BCUT2D eigenvalue weighted by Crippen LogP contribution is -2.35. The highest BCUT2D eigenvalue weighted by atomic mass is 16.5. The van der Waals surface area contributed by atoms with Crippen LogP contribution in [-0.4, -0.2) is 17.1 Å². The molecule has 0 saturated carbocycles. The quantitative estimate of drug-likeness (QED) is 0.675. The Morgan fingerprint density at radius 1 is 1.93 bits per heavy atom. The second-order valence-corrected chi connectivity index (χ2v) is 2.84. The summed E-state index contributed by atoms with van der Waals surface area (Å²) in [5.41, 5.74) is 6.15. The van der Waals surface area contributed by atoms with E-state index < -0.39 is 6.04 Å². The van der Waals surface area contributed by atoms with Gasteiger partial charge in [-0.15, -0.1) is 12.3 Å². The van der Waals surface area contributed by atoms with Gasteiger partial charge in [0.1, 0.15) is 0 Å². The fourth-order valence-corrected chi connectivity index (χ4v) is 0.856. The molecule has 3 N–H and O–H groups in total. The first-order valence-corrected chi connectivity index (χ1v) is 4.06. The van der Waals surface area contributed by atoms with Gasteiger partial charge in [-0.05, 0) is 6.92 Å². The molecule has 1 atom stereocenters. The molecule has 1 heterocycles. The predicted octanol–water partition coefficient (Wildman–Crippen LogP) is 0.272. The predicted molar refractivity (Wildman–Crippen MR) is 51.3 cm³/mol. The van der Waals surface area contributed by atoms with Gasteiger partial charge in [-0.25, -0.2) is 0 Å². The normalized spacial score (nSPS) is 11.8. The Bertz CT molecular complexity index is 364. The summed E-state index contributed by atoms with van der Waals surface area (Å²) in [6.45, 7) is 1.75. The first-order valence-electron chi connectivity index (χ1n) is 4.06. The second-order valence-electron chi connectivity index (χ2n) is 2.84. The maximum atomic E-state index is 11.3. The van der Waals surface area contributed by atoms with E-state index >= 15 is 0 Å². The first kappa shape index (κ1) is 10.3. The number of aryl methyl sites for hydroxylation is 1. The fourth-order valence-electron chi connectivity index (χ4n) is 0.856. The van der Waals surface area contributed by atoms with Crippen molar-refractivity contribution < 1.29 is 9.32 Å². The summed E-state index contributed by atoms with van der Waals surface area (Å²) < 4.78 is 4.77. The Hall–Kier alpha value is -1.80. The van der Waals surface area contributed by atoms with Gasteiger partial charge >= 0.3 is 0 Å². The molecule has 0 aliphatic heterocycles. The highest BCUT2D eigenvalue weighted by Gasteiger charge is 2.13. The van der Waals surface area contributed by atoms with E-state index in [-0.39, 0.29) is 18.2 Å². The van der Waals surface area contributed by atoms with Crippen LogP contribution in [0.4, 0.5) is 5.88 Å². The van der Waals surface area contributed by atoms with Crippen LogP contribution in [0, 0.1) is 19.3 Å². The molecule has 14 heavy (non-hydrogen) atoms.